The molecule has 0 bridgehead atoms. The summed E-state index contributed by atoms with van der Waals surface area (Å²) < 4.78 is 3.66. The van der Waals surface area contributed by atoms with Crippen molar-refractivity contribution in [1.82, 2.24) is 29.9 Å². The van der Waals surface area contributed by atoms with Gasteiger partial charge in [0.05, 0.1) is 24.3 Å². The van der Waals surface area contributed by atoms with Crippen LogP contribution in [-0.2, 0) is 19.6 Å². The van der Waals surface area contributed by atoms with Gasteiger partial charge in [-0.3, -0.25) is 9.48 Å². The molecule has 7 heteroatoms. The summed E-state index contributed by atoms with van der Waals surface area (Å²) in [7, 11) is 0. The minimum Gasteiger partial charge on any atom is -0.348 e. The van der Waals surface area contributed by atoms with Gasteiger partial charge in [-0.1, -0.05) is 54.6 Å². The Bertz CT molecular complexity index is 1130. The van der Waals surface area contributed by atoms with Crippen LogP contribution in [0.3, 0.4) is 0 Å². The third-order valence-corrected chi connectivity index (χ3v) is 5.04. The molecule has 0 radical (unpaired) electrons. The number of rotatable bonds is 7. The number of benzene rings is 2. The molecule has 0 spiro atoms. The molecular weight excluding hydrogens is 376 g/mol. The van der Waals surface area contributed by atoms with Crippen molar-refractivity contribution < 1.29 is 4.79 Å². The first-order valence-corrected chi connectivity index (χ1v) is 9.86. The predicted molar refractivity (Wildman–Crippen MR) is 114 cm³/mol. The molecule has 7 nitrogen and oxygen atoms in total. The third kappa shape index (κ3) is 4.46. The van der Waals surface area contributed by atoms with Gasteiger partial charge < -0.3 is 5.32 Å². The lowest BCUT2D eigenvalue weighted by molar-refractivity contribution is 0.0949. The Balaban J connectivity index is 1.43. The standard InChI is InChI=1S/C23H24N6O/c1-17-22(18(2)29(27-17)14-19-7-4-3-5-8-19)23(30)25-12-20-9-6-10-21(11-20)13-28-16-24-15-26-28/h3-11,15-16H,12-14H2,1-2H3,(H,25,30). The highest BCUT2D eigenvalue weighted by atomic mass is 16.1. The molecule has 0 saturated heterocycles. The fraction of sp³-hybridized carbons (Fsp3) is 0.217. The van der Waals surface area contributed by atoms with Crippen LogP contribution in [0.1, 0.15) is 38.4 Å². The van der Waals surface area contributed by atoms with E-state index in [-0.39, 0.29) is 5.91 Å². The molecule has 2 aromatic carbocycles. The summed E-state index contributed by atoms with van der Waals surface area (Å²) in [6.45, 7) is 5.56. The fourth-order valence-electron chi connectivity index (χ4n) is 3.55. The largest absolute Gasteiger partial charge is 0.348 e. The third-order valence-electron chi connectivity index (χ3n) is 5.04. The van der Waals surface area contributed by atoms with Crippen LogP contribution in [0.15, 0.2) is 67.3 Å². The van der Waals surface area contributed by atoms with Crippen LogP contribution in [0.5, 0.6) is 0 Å². The van der Waals surface area contributed by atoms with Crippen LogP contribution in [0, 0.1) is 13.8 Å². The van der Waals surface area contributed by atoms with Crippen molar-refractivity contribution in [2.45, 2.75) is 33.5 Å². The van der Waals surface area contributed by atoms with Crippen molar-refractivity contribution in [3.63, 3.8) is 0 Å². The van der Waals surface area contributed by atoms with Gasteiger partial charge in [-0.2, -0.15) is 10.2 Å². The molecule has 152 valence electrons. The van der Waals surface area contributed by atoms with Gasteiger partial charge in [0.25, 0.3) is 5.91 Å². The molecule has 1 amide bonds. The molecule has 30 heavy (non-hydrogen) atoms. The maximum absolute atomic E-state index is 12.9. The Kier molecular flexibility index (Phi) is 5.70. The molecule has 0 aliphatic carbocycles. The van der Waals surface area contributed by atoms with Crippen molar-refractivity contribution in [2.75, 3.05) is 0 Å². The molecule has 0 aliphatic rings. The minimum absolute atomic E-state index is 0.106. The van der Waals surface area contributed by atoms with E-state index in [4.69, 9.17) is 0 Å². The molecule has 0 unspecified atom stereocenters. The molecule has 0 fully saturated rings. The summed E-state index contributed by atoms with van der Waals surface area (Å²) in [5.74, 6) is -0.106. The predicted octanol–water partition coefficient (Wildman–Crippen LogP) is 3.12. The van der Waals surface area contributed by atoms with Gasteiger partial charge in [-0.25, -0.2) is 9.67 Å². The van der Waals surface area contributed by atoms with Gasteiger partial charge in [-0.15, -0.1) is 0 Å². The second kappa shape index (κ2) is 8.73. The lowest BCUT2D eigenvalue weighted by atomic mass is 10.1. The highest BCUT2D eigenvalue weighted by molar-refractivity contribution is 5.96. The van der Waals surface area contributed by atoms with E-state index in [1.807, 2.05) is 54.9 Å². The number of carbonyl (C=O) groups excluding carboxylic acids is 1. The van der Waals surface area contributed by atoms with Gasteiger partial charge in [0.2, 0.25) is 0 Å². The number of carbonyl (C=O) groups is 1. The van der Waals surface area contributed by atoms with Crippen molar-refractivity contribution in [1.29, 1.82) is 0 Å². The first-order chi connectivity index (χ1) is 14.6. The summed E-state index contributed by atoms with van der Waals surface area (Å²) in [5, 5.41) is 11.7. The quantitative estimate of drug-likeness (QED) is 0.517. The van der Waals surface area contributed by atoms with E-state index in [2.05, 4.69) is 38.7 Å². The topological polar surface area (TPSA) is 77.6 Å². The number of amides is 1. The molecule has 4 rings (SSSR count). The molecule has 0 atom stereocenters. The first-order valence-electron chi connectivity index (χ1n) is 9.86. The lowest BCUT2D eigenvalue weighted by Gasteiger charge is -2.09. The Morgan fingerprint density at radius 3 is 2.50 bits per heavy atom. The van der Waals surface area contributed by atoms with E-state index in [9.17, 15) is 4.79 Å². The van der Waals surface area contributed by atoms with E-state index >= 15 is 0 Å². The number of hydrogen-bond acceptors (Lipinski definition) is 4. The summed E-state index contributed by atoms with van der Waals surface area (Å²) in [6.07, 6.45) is 3.21. The van der Waals surface area contributed by atoms with Gasteiger partial charge in [0.1, 0.15) is 12.7 Å². The zero-order chi connectivity index (χ0) is 20.9. The average Bonchev–Trinajstić information content (AvgIpc) is 3.35. The Hall–Kier alpha value is -3.74. The van der Waals surface area contributed by atoms with Crippen LogP contribution in [0.2, 0.25) is 0 Å². The number of aromatic nitrogens is 5. The van der Waals surface area contributed by atoms with E-state index in [1.54, 1.807) is 11.0 Å². The van der Waals surface area contributed by atoms with Crippen LogP contribution in [0.25, 0.3) is 0 Å². The van der Waals surface area contributed by atoms with Crippen molar-refractivity contribution in [3.05, 3.63) is 101 Å². The Labute approximate surface area is 175 Å². The second-order valence-electron chi connectivity index (χ2n) is 7.28. The fourth-order valence-corrected chi connectivity index (χ4v) is 3.55. The molecule has 1 N–H and O–H groups in total. The zero-order valence-corrected chi connectivity index (χ0v) is 17.1. The van der Waals surface area contributed by atoms with Gasteiger partial charge in [0.15, 0.2) is 0 Å². The Morgan fingerprint density at radius 1 is 0.967 bits per heavy atom. The monoisotopic (exact) mass is 400 g/mol. The molecule has 0 saturated carbocycles. The van der Waals surface area contributed by atoms with Crippen LogP contribution in [0.4, 0.5) is 0 Å². The summed E-state index contributed by atoms with van der Waals surface area (Å²) in [4.78, 5) is 16.8. The number of nitrogens with one attached hydrogen (secondary N) is 1. The highest BCUT2D eigenvalue weighted by Crippen LogP contribution is 2.15. The second-order valence-corrected chi connectivity index (χ2v) is 7.28. The number of hydrogen-bond donors (Lipinski definition) is 1. The minimum atomic E-state index is -0.106. The molecule has 2 aromatic heterocycles. The van der Waals surface area contributed by atoms with Gasteiger partial charge in [-0.05, 0) is 30.5 Å². The maximum Gasteiger partial charge on any atom is 0.255 e. The van der Waals surface area contributed by atoms with Crippen molar-refractivity contribution in [2.24, 2.45) is 0 Å². The number of nitrogens with zero attached hydrogens (tertiary/aromatic N) is 5. The molecular formula is C23H24N6O. The smallest absolute Gasteiger partial charge is 0.255 e. The molecule has 0 aliphatic heterocycles. The summed E-state index contributed by atoms with van der Waals surface area (Å²) in [5.41, 5.74) is 5.54. The van der Waals surface area contributed by atoms with Gasteiger partial charge >= 0.3 is 0 Å². The summed E-state index contributed by atoms with van der Waals surface area (Å²) >= 11 is 0. The van der Waals surface area contributed by atoms with E-state index in [0.29, 0.717) is 25.2 Å². The molecule has 2 heterocycles. The lowest BCUT2D eigenvalue weighted by Crippen LogP contribution is -2.24. The van der Waals surface area contributed by atoms with Crippen LogP contribution in [-0.4, -0.2) is 30.5 Å². The SMILES string of the molecule is Cc1nn(Cc2ccccc2)c(C)c1C(=O)NCc1cccc(Cn2cncn2)c1. The van der Waals surface area contributed by atoms with Crippen molar-refractivity contribution >= 4 is 5.91 Å². The van der Waals surface area contributed by atoms with Crippen LogP contribution < -0.4 is 5.32 Å². The highest BCUT2D eigenvalue weighted by Gasteiger charge is 2.18. The summed E-state index contributed by atoms with van der Waals surface area (Å²) in [6, 6.07) is 18.2. The first kappa shape index (κ1) is 19.6. The van der Waals surface area contributed by atoms with Gasteiger partial charge in [0, 0.05) is 12.2 Å². The van der Waals surface area contributed by atoms with Crippen LogP contribution >= 0.6 is 0 Å². The van der Waals surface area contributed by atoms with Crippen molar-refractivity contribution in [3.8, 4) is 0 Å². The Morgan fingerprint density at radius 2 is 1.73 bits per heavy atom. The average molecular weight is 400 g/mol. The normalized spacial score (nSPS) is 10.9. The number of aryl methyl sites for hydroxylation is 1. The van der Waals surface area contributed by atoms with E-state index in [0.717, 1.165) is 28.1 Å². The maximum atomic E-state index is 12.9. The van der Waals surface area contributed by atoms with E-state index in [1.165, 1.54) is 6.33 Å². The molecule has 4 aromatic rings. The van der Waals surface area contributed by atoms with E-state index < -0.39 is 0 Å². The zero-order valence-electron chi connectivity index (χ0n) is 17.1.